The fraction of sp³-hybridized carbons (Fsp3) is 0.364. The lowest BCUT2D eigenvalue weighted by Gasteiger charge is -2.17. The second-order valence-electron chi connectivity index (χ2n) is 3.28. The molecule has 0 radical (unpaired) electrons. The number of hydrogen-bond donors (Lipinski definition) is 2. The molecule has 0 aliphatic carbocycles. The third-order valence-corrected chi connectivity index (χ3v) is 2.93. The number of benzene rings is 1. The summed E-state index contributed by atoms with van der Waals surface area (Å²) in [5.41, 5.74) is 6.14. The van der Waals surface area contributed by atoms with Crippen LogP contribution < -0.4 is 15.8 Å². The molecule has 1 atom stereocenters. The lowest BCUT2D eigenvalue weighted by atomic mass is 10.1. The minimum atomic E-state index is -0.505. The first kappa shape index (κ1) is 13.0. The second-order valence-corrected chi connectivity index (χ2v) is 4.13. The predicted octanol–water partition coefficient (Wildman–Crippen LogP) is 1.59. The molecule has 0 saturated carbocycles. The topological polar surface area (TPSA) is 64.3 Å². The Kier molecular flexibility index (Phi) is 4.76. The number of nitrogens with two attached hydrogens (primary N) is 1. The molecule has 88 valence electrons. The normalized spacial score (nSPS) is 12.2. The van der Waals surface area contributed by atoms with E-state index in [0.29, 0.717) is 12.3 Å². The largest absolute Gasteiger partial charge is 0.497 e. The number of ether oxygens (including phenoxy) is 1. The lowest BCUT2D eigenvalue weighted by molar-refractivity contribution is -0.120. The molecule has 3 N–H and O–H groups in total. The molecular weight excluding hydrogens is 272 g/mol. The maximum absolute atomic E-state index is 11.3. The summed E-state index contributed by atoms with van der Waals surface area (Å²) in [6, 6.07) is 4.94. The molecule has 0 aromatic heterocycles. The van der Waals surface area contributed by atoms with Gasteiger partial charge in [0, 0.05) is 4.47 Å². The van der Waals surface area contributed by atoms with Crippen molar-refractivity contribution < 1.29 is 9.53 Å². The molecule has 0 spiro atoms. The molecule has 0 fully saturated rings. The van der Waals surface area contributed by atoms with Crippen LogP contribution in [0.15, 0.2) is 22.7 Å². The van der Waals surface area contributed by atoms with Crippen LogP contribution in [0.1, 0.15) is 18.5 Å². The molecule has 16 heavy (non-hydrogen) atoms. The van der Waals surface area contributed by atoms with Gasteiger partial charge in [-0.1, -0.05) is 22.9 Å². The van der Waals surface area contributed by atoms with E-state index in [1.165, 1.54) is 0 Å². The average molecular weight is 287 g/mol. The van der Waals surface area contributed by atoms with Gasteiger partial charge in [0.1, 0.15) is 11.8 Å². The monoisotopic (exact) mass is 286 g/mol. The Hall–Kier alpha value is -1.07. The molecule has 1 rings (SSSR count). The summed E-state index contributed by atoms with van der Waals surface area (Å²) in [6.07, 6.45) is 0. The zero-order valence-corrected chi connectivity index (χ0v) is 10.9. The number of halogens is 1. The highest BCUT2D eigenvalue weighted by molar-refractivity contribution is 9.10. The van der Waals surface area contributed by atoms with E-state index in [-0.39, 0.29) is 0 Å². The van der Waals surface area contributed by atoms with Crippen molar-refractivity contribution in [1.29, 1.82) is 0 Å². The molecule has 0 saturated heterocycles. The van der Waals surface area contributed by atoms with Crippen LogP contribution in [0.3, 0.4) is 0 Å². The highest BCUT2D eigenvalue weighted by Gasteiger charge is 2.19. The van der Waals surface area contributed by atoms with Crippen molar-refractivity contribution in [2.75, 3.05) is 13.7 Å². The third-order valence-electron chi connectivity index (χ3n) is 2.21. The van der Waals surface area contributed by atoms with Crippen LogP contribution in [-0.4, -0.2) is 19.6 Å². The van der Waals surface area contributed by atoms with Gasteiger partial charge in [0.05, 0.1) is 7.11 Å². The SMILES string of the molecule is CCNC(C(N)=O)c1cc(OC)ccc1Br. The van der Waals surface area contributed by atoms with E-state index in [9.17, 15) is 4.79 Å². The quantitative estimate of drug-likeness (QED) is 0.864. The van der Waals surface area contributed by atoms with Crippen LogP contribution in [0.4, 0.5) is 0 Å². The maximum Gasteiger partial charge on any atom is 0.239 e. The molecule has 0 bridgehead atoms. The summed E-state index contributed by atoms with van der Waals surface area (Å²) in [5.74, 6) is 0.290. The molecule has 0 aliphatic rings. The van der Waals surface area contributed by atoms with Crippen molar-refractivity contribution in [3.63, 3.8) is 0 Å². The van der Waals surface area contributed by atoms with Crippen molar-refractivity contribution >= 4 is 21.8 Å². The Labute approximate surface area is 103 Å². The summed E-state index contributed by atoms with van der Waals surface area (Å²) >= 11 is 3.40. The molecule has 1 aromatic carbocycles. The van der Waals surface area contributed by atoms with Crippen LogP contribution in [0, 0.1) is 0 Å². The number of methoxy groups -OCH3 is 1. The number of carbonyl (C=O) groups is 1. The smallest absolute Gasteiger partial charge is 0.239 e. The third kappa shape index (κ3) is 2.96. The van der Waals surface area contributed by atoms with Gasteiger partial charge in [0.15, 0.2) is 0 Å². The van der Waals surface area contributed by atoms with Crippen molar-refractivity contribution in [3.05, 3.63) is 28.2 Å². The summed E-state index contributed by atoms with van der Waals surface area (Å²) in [5, 5.41) is 3.03. The van der Waals surface area contributed by atoms with E-state index in [2.05, 4.69) is 21.2 Å². The van der Waals surface area contributed by atoms with Gasteiger partial charge in [0.25, 0.3) is 0 Å². The molecule has 5 heteroatoms. The predicted molar refractivity (Wildman–Crippen MR) is 66.3 cm³/mol. The first-order valence-electron chi connectivity index (χ1n) is 4.96. The molecule has 1 aromatic rings. The fourth-order valence-corrected chi connectivity index (χ4v) is 1.91. The number of primary amides is 1. The van der Waals surface area contributed by atoms with Crippen LogP contribution in [-0.2, 0) is 4.79 Å². The number of carbonyl (C=O) groups excluding carboxylic acids is 1. The summed E-state index contributed by atoms with van der Waals surface area (Å²) < 4.78 is 5.95. The first-order valence-corrected chi connectivity index (χ1v) is 5.75. The average Bonchev–Trinajstić information content (AvgIpc) is 2.27. The van der Waals surface area contributed by atoms with E-state index in [1.807, 2.05) is 19.1 Å². The van der Waals surface area contributed by atoms with E-state index < -0.39 is 11.9 Å². The Balaban J connectivity index is 3.11. The van der Waals surface area contributed by atoms with Gasteiger partial charge in [-0.25, -0.2) is 0 Å². The molecule has 0 heterocycles. The number of rotatable bonds is 5. The maximum atomic E-state index is 11.3. The molecule has 0 aliphatic heterocycles. The van der Waals surface area contributed by atoms with Gasteiger partial charge < -0.3 is 15.8 Å². The standard InChI is InChI=1S/C11H15BrN2O2/c1-3-14-10(11(13)15)8-6-7(16-2)4-5-9(8)12/h4-6,10,14H,3H2,1-2H3,(H2,13,15). The van der Waals surface area contributed by atoms with Gasteiger partial charge in [-0.05, 0) is 30.3 Å². The minimum absolute atomic E-state index is 0.407. The molecule has 1 amide bonds. The minimum Gasteiger partial charge on any atom is -0.497 e. The second kappa shape index (κ2) is 5.86. The first-order chi connectivity index (χ1) is 7.60. The zero-order valence-electron chi connectivity index (χ0n) is 9.29. The van der Waals surface area contributed by atoms with E-state index >= 15 is 0 Å². The van der Waals surface area contributed by atoms with Gasteiger partial charge in [-0.3, -0.25) is 4.79 Å². The van der Waals surface area contributed by atoms with Crippen LogP contribution in [0.2, 0.25) is 0 Å². The van der Waals surface area contributed by atoms with Crippen LogP contribution in [0.25, 0.3) is 0 Å². The Morgan fingerprint density at radius 1 is 1.62 bits per heavy atom. The molecular formula is C11H15BrN2O2. The summed E-state index contributed by atoms with van der Waals surface area (Å²) in [4.78, 5) is 11.3. The van der Waals surface area contributed by atoms with Crippen LogP contribution in [0.5, 0.6) is 5.75 Å². The Morgan fingerprint density at radius 3 is 2.81 bits per heavy atom. The summed E-state index contributed by atoms with van der Waals surface area (Å²) in [7, 11) is 1.58. The van der Waals surface area contributed by atoms with Crippen molar-refractivity contribution in [2.24, 2.45) is 5.73 Å². The van der Waals surface area contributed by atoms with Crippen molar-refractivity contribution in [2.45, 2.75) is 13.0 Å². The number of amides is 1. The number of hydrogen-bond acceptors (Lipinski definition) is 3. The van der Waals surface area contributed by atoms with Crippen molar-refractivity contribution in [3.8, 4) is 5.75 Å². The number of nitrogens with one attached hydrogen (secondary N) is 1. The van der Waals surface area contributed by atoms with E-state index in [0.717, 1.165) is 10.0 Å². The Bertz CT molecular complexity index is 382. The summed E-state index contributed by atoms with van der Waals surface area (Å²) in [6.45, 7) is 2.58. The molecule has 4 nitrogen and oxygen atoms in total. The van der Waals surface area contributed by atoms with Gasteiger partial charge in [-0.15, -0.1) is 0 Å². The molecule has 1 unspecified atom stereocenters. The van der Waals surface area contributed by atoms with Gasteiger partial charge in [-0.2, -0.15) is 0 Å². The van der Waals surface area contributed by atoms with Crippen molar-refractivity contribution in [1.82, 2.24) is 5.32 Å². The highest BCUT2D eigenvalue weighted by atomic mass is 79.9. The number of likely N-dealkylation sites (N-methyl/N-ethyl adjacent to an activating group) is 1. The van der Waals surface area contributed by atoms with E-state index in [4.69, 9.17) is 10.5 Å². The van der Waals surface area contributed by atoms with Gasteiger partial charge in [0.2, 0.25) is 5.91 Å². The fourth-order valence-electron chi connectivity index (χ4n) is 1.44. The lowest BCUT2D eigenvalue weighted by Crippen LogP contribution is -2.33. The highest BCUT2D eigenvalue weighted by Crippen LogP contribution is 2.27. The van der Waals surface area contributed by atoms with Gasteiger partial charge >= 0.3 is 0 Å². The van der Waals surface area contributed by atoms with Crippen LogP contribution >= 0.6 is 15.9 Å². The van der Waals surface area contributed by atoms with E-state index in [1.54, 1.807) is 13.2 Å². The Morgan fingerprint density at radius 2 is 2.31 bits per heavy atom. The zero-order chi connectivity index (χ0) is 12.1.